The van der Waals surface area contributed by atoms with E-state index in [0.29, 0.717) is 5.56 Å². The molecule has 0 fully saturated rings. The molecule has 2 aromatic rings. The molecule has 0 saturated carbocycles. The van der Waals surface area contributed by atoms with Crippen molar-refractivity contribution in [3.8, 4) is 22.9 Å². The van der Waals surface area contributed by atoms with Gasteiger partial charge in [0.25, 0.3) is 0 Å². The molecule has 0 aromatic heterocycles. The highest BCUT2D eigenvalue weighted by molar-refractivity contribution is 5.86. The summed E-state index contributed by atoms with van der Waals surface area (Å²) in [7, 11) is 1.65. The van der Waals surface area contributed by atoms with Crippen molar-refractivity contribution in [2.45, 2.75) is 0 Å². The number of rotatable bonds is 3. The fraction of sp³-hybridized carbons (Fsp3) is 0.0500. The maximum atomic E-state index is 9.34. The first kappa shape index (κ1) is 13.7. The quantitative estimate of drug-likeness (QED) is 0.777. The molecule has 0 atom stereocenters. The Morgan fingerprint density at radius 3 is 2.45 bits per heavy atom. The minimum Gasteiger partial charge on any atom is -0.495 e. The minimum absolute atomic E-state index is 0.600. The highest BCUT2D eigenvalue weighted by atomic mass is 16.5. The largest absolute Gasteiger partial charge is 0.495 e. The first-order valence-electron chi connectivity index (χ1n) is 6.89. The van der Waals surface area contributed by atoms with Crippen molar-refractivity contribution in [3.63, 3.8) is 0 Å². The van der Waals surface area contributed by atoms with E-state index < -0.39 is 0 Å². The molecular formula is C20H13NO. The molecule has 0 heterocycles. The molecule has 22 heavy (non-hydrogen) atoms. The van der Waals surface area contributed by atoms with Crippen LogP contribution in [-0.4, -0.2) is 7.11 Å². The third-order valence-corrected chi connectivity index (χ3v) is 3.48. The van der Waals surface area contributed by atoms with Gasteiger partial charge in [0.15, 0.2) is 0 Å². The van der Waals surface area contributed by atoms with E-state index >= 15 is 0 Å². The molecule has 1 aliphatic carbocycles. The van der Waals surface area contributed by atoms with E-state index in [9.17, 15) is 5.26 Å². The van der Waals surface area contributed by atoms with Gasteiger partial charge in [0.1, 0.15) is 5.75 Å². The fourth-order valence-electron chi connectivity index (χ4n) is 2.47. The second-order valence-corrected chi connectivity index (χ2v) is 4.80. The lowest BCUT2D eigenvalue weighted by atomic mass is 9.94. The van der Waals surface area contributed by atoms with Crippen molar-refractivity contribution in [2.24, 2.45) is 0 Å². The van der Waals surface area contributed by atoms with Crippen molar-refractivity contribution < 1.29 is 4.74 Å². The molecule has 0 aliphatic heterocycles. The first-order valence-corrected chi connectivity index (χ1v) is 6.89. The van der Waals surface area contributed by atoms with Gasteiger partial charge in [-0.3, -0.25) is 0 Å². The first-order chi connectivity index (χ1) is 10.8. The maximum Gasteiger partial charge on any atom is 0.134 e. The van der Waals surface area contributed by atoms with Gasteiger partial charge in [-0.15, -0.1) is 0 Å². The Morgan fingerprint density at radius 2 is 1.82 bits per heavy atom. The number of ether oxygens (including phenoxy) is 1. The smallest absolute Gasteiger partial charge is 0.134 e. The Balaban J connectivity index is 2.27. The number of nitriles is 1. The molecule has 2 heteroatoms. The van der Waals surface area contributed by atoms with Crippen LogP contribution in [-0.2, 0) is 0 Å². The molecule has 0 N–H and O–H groups in total. The summed E-state index contributed by atoms with van der Waals surface area (Å²) in [5, 5.41) is 9.34. The van der Waals surface area contributed by atoms with Gasteiger partial charge < -0.3 is 4.74 Å². The van der Waals surface area contributed by atoms with Crippen LogP contribution in [0.1, 0.15) is 11.1 Å². The number of hydrogen-bond acceptors (Lipinski definition) is 2. The standard InChI is InChI=1S/C20H13NO/c1-22-20-18(16-8-4-2-5-9-16)12-15(14-21)13-19(20)17-10-6-3-7-11-17/h2,4-6,8-13H,1H3. The summed E-state index contributed by atoms with van der Waals surface area (Å²) in [5.74, 6) is 0.754. The van der Waals surface area contributed by atoms with Crippen molar-refractivity contribution in [2.75, 3.05) is 7.11 Å². The SMILES string of the molecule is COc1c(C2=CC=C=C=C2)cc(C#N)cc1-c1ccccc1. The van der Waals surface area contributed by atoms with E-state index in [1.807, 2.05) is 54.6 Å². The number of allylic oxidation sites excluding steroid dienone is 4. The topological polar surface area (TPSA) is 33.0 Å². The summed E-state index contributed by atoms with van der Waals surface area (Å²) in [6.45, 7) is 0. The van der Waals surface area contributed by atoms with Gasteiger partial charge in [-0.2, -0.15) is 5.26 Å². The highest BCUT2D eigenvalue weighted by Crippen LogP contribution is 2.38. The Hall–Kier alpha value is -3.23. The Bertz CT molecular complexity index is 885. The lowest BCUT2D eigenvalue weighted by Crippen LogP contribution is -1.96. The van der Waals surface area contributed by atoms with Gasteiger partial charge >= 0.3 is 0 Å². The Labute approximate surface area is 129 Å². The van der Waals surface area contributed by atoms with Crippen LogP contribution in [0.4, 0.5) is 0 Å². The molecule has 0 amide bonds. The molecule has 0 bridgehead atoms. The van der Waals surface area contributed by atoms with Gasteiger partial charge in [0.2, 0.25) is 0 Å². The predicted octanol–water partition coefficient (Wildman–Crippen LogP) is 4.50. The number of nitrogens with zero attached hydrogens (tertiary/aromatic N) is 1. The average Bonchev–Trinajstić information content (AvgIpc) is 2.62. The number of methoxy groups -OCH3 is 1. The zero-order valence-corrected chi connectivity index (χ0v) is 12.1. The summed E-state index contributed by atoms with van der Waals surface area (Å²) < 4.78 is 5.65. The molecule has 0 saturated heterocycles. The van der Waals surface area contributed by atoms with Crippen LogP contribution < -0.4 is 4.74 Å². The summed E-state index contributed by atoms with van der Waals surface area (Å²) in [5.41, 5.74) is 10.2. The van der Waals surface area contributed by atoms with Gasteiger partial charge in [0.05, 0.1) is 18.7 Å². The Kier molecular flexibility index (Phi) is 3.77. The van der Waals surface area contributed by atoms with Gasteiger partial charge in [-0.1, -0.05) is 41.8 Å². The van der Waals surface area contributed by atoms with E-state index in [1.54, 1.807) is 13.2 Å². The minimum atomic E-state index is 0.600. The van der Waals surface area contributed by atoms with E-state index in [2.05, 4.69) is 17.5 Å². The van der Waals surface area contributed by atoms with E-state index in [-0.39, 0.29) is 0 Å². The summed E-state index contributed by atoms with van der Waals surface area (Å²) in [6, 6.07) is 15.8. The zero-order chi connectivity index (χ0) is 15.4. The van der Waals surface area contributed by atoms with Crippen LogP contribution in [0.5, 0.6) is 5.75 Å². The third-order valence-electron chi connectivity index (χ3n) is 3.48. The van der Waals surface area contributed by atoms with Gasteiger partial charge in [0, 0.05) is 11.1 Å². The third kappa shape index (κ3) is 2.51. The van der Waals surface area contributed by atoms with Crippen molar-refractivity contribution >= 4 is 5.57 Å². The fourth-order valence-corrected chi connectivity index (χ4v) is 2.47. The Morgan fingerprint density at radius 1 is 1.05 bits per heavy atom. The van der Waals surface area contributed by atoms with E-state index in [4.69, 9.17) is 4.74 Å². The second-order valence-electron chi connectivity index (χ2n) is 4.80. The molecule has 2 aromatic carbocycles. The van der Waals surface area contributed by atoms with Crippen LogP contribution in [0.15, 0.2) is 72.2 Å². The van der Waals surface area contributed by atoms with Crippen molar-refractivity contribution in [3.05, 3.63) is 83.3 Å². The van der Waals surface area contributed by atoms with Crippen LogP contribution in [0.2, 0.25) is 0 Å². The summed E-state index contributed by atoms with van der Waals surface area (Å²) >= 11 is 0. The molecule has 0 spiro atoms. The van der Waals surface area contributed by atoms with E-state index in [1.165, 1.54) is 0 Å². The molecule has 0 unspecified atom stereocenters. The summed E-state index contributed by atoms with van der Waals surface area (Å²) in [6.07, 6.45) is 5.58. The van der Waals surface area contributed by atoms with Crippen LogP contribution in [0, 0.1) is 11.3 Å². The van der Waals surface area contributed by atoms with Crippen molar-refractivity contribution in [1.82, 2.24) is 0 Å². The lowest BCUT2D eigenvalue weighted by molar-refractivity contribution is 0.415. The molecule has 0 radical (unpaired) electrons. The van der Waals surface area contributed by atoms with Crippen LogP contribution >= 0.6 is 0 Å². The zero-order valence-electron chi connectivity index (χ0n) is 12.1. The average molecular weight is 283 g/mol. The number of hydrogen-bond donors (Lipinski definition) is 0. The second kappa shape index (κ2) is 6.04. The molecule has 104 valence electrons. The molecule has 2 nitrogen and oxygen atoms in total. The normalized spacial score (nSPS) is 11.9. The highest BCUT2D eigenvalue weighted by Gasteiger charge is 2.15. The van der Waals surface area contributed by atoms with Crippen LogP contribution in [0.3, 0.4) is 0 Å². The van der Waals surface area contributed by atoms with E-state index in [0.717, 1.165) is 28.0 Å². The molecule has 3 rings (SSSR count). The molecule has 1 aliphatic rings. The molecular weight excluding hydrogens is 270 g/mol. The van der Waals surface area contributed by atoms with Crippen LogP contribution in [0.25, 0.3) is 16.7 Å². The monoisotopic (exact) mass is 283 g/mol. The lowest BCUT2D eigenvalue weighted by Gasteiger charge is -2.15. The maximum absolute atomic E-state index is 9.34. The summed E-state index contributed by atoms with van der Waals surface area (Å²) in [4.78, 5) is 0. The predicted molar refractivity (Wildman–Crippen MR) is 87.3 cm³/mol. The van der Waals surface area contributed by atoms with Crippen molar-refractivity contribution in [1.29, 1.82) is 5.26 Å². The number of benzene rings is 2. The van der Waals surface area contributed by atoms with Gasteiger partial charge in [-0.05, 0) is 41.5 Å². The van der Waals surface area contributed by atoms with Gasteiger partial charge in [-0.25, -0.2) is 0 Å².